The van der Waals surface area contributed by atoms with E-state index in [1.165, 1.54) is 12.1 Å². The molecule has 26 heavy (non-hydrogen) atoms. The molecule has 1 saturated heterocycles. The van der Waals surface area contributed by atoms with E-state index < -0.39 is 12.0 Å². The van der Waals surface area contributed by atoms with E-state index in [2.05, 4.69) is 0 Å². The number of methoxy groups -OCH3 is 1. The minimum Gasteiger partial charge on any atom is -0.496 e. The third-order valence-electron chi connectivity index (χ3n) is 5.04. The lowest BCUT2D eigenvalue weighted by Gasteiger charge is -2.40. The zero-order chi connectivity index (χ0) is 18.7. The van der Waals surface area contributed by atoms with Gasteiger partial charge in [-0.15, -0.1) is 0 Å². The summed E-state index contributed by atoms with van der Waals surface area (Å²) in [5, 5.41) is 9.73. The molecule has 5 heteroatoms. The SMILES string of the molecule is COc1ccc(F)cc1C(c1ccc(C)cc1)N1CCCCC1C(=O)O. The van der Waals surface area contributed by atoms with Gasteiger partial charge in [0.05, 0.1) is 13.2 Å². The number of hydrogen-bond acceptors (Lipinski definition) is 3. The highest BCUT2D eigenvalue weighted by Gasteiger charge is 2.36. The topological polar surface area (TPSA) is 49.8 Å². The Labute approximate surface area is 153 Å². The van der Waals surface area contributed by atoms with Gasteiger partial charge in [0.25, 0.3) is 0 Å². The predicted molar refractivity (Wildman–Crippen MR) is 98.0 cm³/mol. The molecule has 2 atom stereocenters. The Bertz CT molecular complexity index is 775. The molecule has 4 nitrogen and oxygen atoms in total. The van der Waals surface area contributed by atoms with Crippen molar-refractivity contribution in [1.82, 2.24) is 4.90 Å². The van der Waals surface area contributed by atoms with E-state index in [1.54, 1.807) is 13.2 Å². The predicted octanol–water partition coefficient (Wildman–Crippen LogP) is 4.17. The molecule has 2 aromatic carbocycles. The van der Waals surface area contributed by atoms with Gasteiger partial charge in [-0.2, -0.15) is 0 Å². The highest BCUT2D eigenvalue weighted by atomic mass is 19.1. The fourth-order valence-corrected chi connectivity index (χ4v) is 3.75. The first kappa shape index (κ1) is 18.4. The summed E-state index contributed by atoms with van der Waals surface area (Å²) in [6.07, 6.45) is 2.40. The largest absolute Gasteiger partial charge is 0.496 e. The van der Waals surface area contributed by atoms with Gasteiger partial charge in [-0.25, -0.2) is 4.39 Å². The minimum atomic E-state index is -0.836. The number of carbonyl (C=O) groups is 1. The smallest absolute Gasteiger partial charge is 0.320 e. The first-order valence-corrected chi connectivity index (χ1v) is 8.90. The Balaban J connectivity index is 2.15. The summed E-state index contributed by atoms with van der Waals surface area (Å²) in [5.41, 5.74) is 2.71. The number of hydrogen-bond donors (Lipinski definition) is 1. The number of likely N-dealkylation sites (tertiary alicyclic amines) is 1. The fraction of sp³-hybridized carbons (Fsp3) is 0.381. The summed E-state index contributed by atoms with van der Waals surface area (Å²) in [4.78, 5) is 13.8. The Kier molecular flexibility index (Phi) is 5.57. The molecule has 1 aliphatic rings. The summed E-state index contributed by atoms with van der Waals surface area (Å²) in [6, 6.07) is 11.4. The van der Waals surface area contributed by atoms with E-state index in [9.17, 15) is 14.3 Å². The van der Waals surface area contributed by atoms with Crippen LogP contribution in [0.4, 0.5) is 4.39 Å². The van der Waals surface area contributed by atoms with Crippen LogP contribution in [0.15, 0.2) is 42.5 Å². The fourth-order valence-electron chi connectivity index (χ4n) is 3.75. The van der Waals surface area contributed by atoms with Gasteiger partial charge in [0.15, 0.2) is 0 Å². The van der Waals surface area contributed by atoms with Crippen LogP contribution in [0, 0.1) is 12.7 Å². The van der Waals surface area contributed by atoms with Gasteiger partial charge >= 0.3 is 5.97 Å². The van der Waals surface area contributed by atoms with Crippen molar-refractivity contribution in [3.63, 3.8) is 0 Å². The maximum absolute atomic E-state index is 14.1. The van der Waals surface area contributed by atoms with Crippen molar-refractivity contribution in [3.8, 4) is 5.75 Å². The van der Waals surface area contributed by atoms with E-state index in [0.29, 0.717) is 24.3 Å². The quantitative estimate of drug-likeness (QED) is 0.872. The van der Waals surface area contributed by atoms with E-state index in [-0.39, 0.29) is 11.9 Å². The Hall–Kier alpha value is -2.40. The van der Waals surface area contributed by atoms with Crippen molar-refractivity contribution < 1.29 is 19.0 Å². The molecule has 0 bridgehead atoms. The van der Waals surface area contributed by atoms with Crippen LogP contribution in [0.1, 0.15) is 42.0 Å². The minimum absolute atomic E-state index is 0.359. The zero-order valence-corrected chi connectivity index (χ0v) is 15.1. The average molecular weight is 357 g/mol. The summed E-state index contributed by atoms with van der Waals surface area (Å²) >= 11 is 0. The van der Waals surface area contributed by atoms with Gasteiger partial charge < -0.3 is 9.84 Å². The maximum Gasteiger partial charge on any atom is 0.320 e. The van der Waals surface area contributed by atoms with E-state index >= 15 is 0 Å². The second-order valence-corrected chi connectivity index (χ2v) is 6.79. The molecule has 0 aromatic heterocycles. The Morgan fingerprint density at radius 3 is 2.62 bits per heavy atom. The number of benzene rings is 2. The number of halogens is 1. The molecule has 1 heterocycles. The summed E-state index contributed by atoms with van der Waals surface area (Å²) < 4.78 is 19.5. The number of aryl methyl sites for hydroxylation is 1. The van der Waals surface area contributed by atoms with Crippen LogP contribution in [0.5, 0.6) is 5.75 Å². The summed E-state index contributed by atoms with van der Waals surface area (Å²) in [7, 11) is 1.55. The lowest BCUT2D eigenvalue weighted by atomic mass is 9.90. The van der Waals surface area contributed by atoms with E-state index in [1.807, 2.05) is 36.1 Å². The van der Waals surface area contributed by atoms with Gasteiger partial charge in [-0.3, -0.25) is 9.69 Å². The summed E-state index contributed by atoms with van der Waals surface area (Å²) in [6.45, 7) is 2.65. The van der Waals surface area contributed by atoms with Crippen molar-refractivity contribution in [3.05, 3.63) is 65.0 Å². The summed E-state index contributed by atoms with van der Waals surface area (Å²) in [5.74, 6) is -0.634. The van der Waals surface area contributed by atoms with E-state index in [0.717, 1.165) is 24.0 Å². The number of ether oxygens (including phenoxy) is 1. The highest BCUT2D eigenvalue weighted by molar-refractivity contribution is 5.73. The third kappa shape index (κ3) is 3.73. The lowest BCUT2D eigenvalue weighted by Crippen LogP contribution is -2.46. The van der Waals surface area contributed by atoms with Crippen molar-refractivity contribution in [2.24, 2.45) is 0 Å². The first-order chi connectivity index (χ1) is 12.5. The van der Waals surface area contributed by atoms with Crippen LogP contribution in [0.3, 0.4) is 0 Å². The van der Waals surface area contributed by atoms with Gasteiger partial charge in [-0.1, -0.05) is 36.2 Å². The van der Waals surface area contributed by atoms with Crippen molar-refractivity contribution >= 4 is 5.97 Å². The molecule has 1 aliphatic heterocycles. The molecule has 0 spiro atoms. The molecule has 2 unspecified atom stereocenters. The molecule has 2 aromatic rings. The number of carboxylic acids is 1. The van der Waals surface area contributed by atoms with Crippen LogP contribution in [-0.4, -0.2) is 35.7 Å². The molecule has 0 saturated carbocycles. The monoisotopic (exact) mass is 357 g/mol. The molecule has 0 radical (unpaired) electrons. The number of carboxylic acid groups (broad SMARTS) is 1. The molecule has 1 N–H and O–H groups in total. The lowest BCUT2D eigenvalue weighted by molar-refractivity contribution is -0.145. The molecule has 0 amide bonds. The van der Waals surface area contributed by atoms with Crippen LogP contribution in [0.2, 0.25) is 0 Å². The second-order valence-electron chi connectivity index (χ2n) is 6.79. The van der Waals surface area contributed by atoms with Crippen molar-refractivity contribution in [1.29, 1.82) is 0 Å². The number of aliphatic carboxylic acids is 1. The normalized spacial score (nSPS) is 19.1. The molecular weight excluding hydrogens is 333 g/mol. The highest BCUT2D eigenvalue weighted by Crippen LogP contribution is 2.38. The van der Waals surface area contributed by atoms with Gasteiger partial charge in [-0.05, 0) is 50.1 Å². The zero-order valence-electron chi connectivity index (χ0n) is 15.1. The Morgan fingerprint density at radius 1 is 1.23 bits per heavy atom. The Morgan fingerprint density at radius 2 is 1.96 bits per heavy atom. The van der Waals surface area contributed by atoms with Crippen molar-refractivity contribution in [2.75, 3.05) is 13.7 Å². The molecule has 138 valence electrons. The van der Waals surface area contributed by atoms with Crippen LogP contribution < -0.4 is 4.74 Å². The van der Waals surface area contributed by atoms with Crippen LogP contribution in [0.25, 0.3) is 0 Å². The molecule has 1 fully saturated rings. The molecule has 0 aliphatic carbocycles. The molecular formula is C21H24FNO3. The number of rotatable bonds is 5. The third-order valence-corrected chi connectivity index (χ3v) is 5.04. The number of nitrogens with zero attached hydrogens (tertiary/aromatic N) is 1. The van der Waals surface area contributed by atoms with E-state index in [4.69, 9.17) is 4.74 Å². The van der Waals surface area contributed by atoms with Gasteiger partial charge in [0.2, 0.25) is 0 Å². The average Bonchev–Trinajstić information content (AvgIpc) is 2.64. The van der Waals surface area contributed by atoms with Crippen LogP contribution >= 0.6 is 0 Å². The van der Waals surface area contributed by atoms with Crippen molar-refractivity contribution in [2.45, 2.75) is 38.3 Å². The van der Waals surface area contributed by atoms with Crippen LogP contribution in [-0.2, 0) is 4.79 Å². The standard InChI is InChI=1S/C21H24FNO3/c1-14-6-8-15(9-7-14)20(17-13-16(22)10-11-19(17)26-2)23-12-4-3-5-18(23)21(24)25/h6-11,13,18,20H,3-5,12H2,1-2H3,(H,24,25). The maximum atomic E-state index is 14.1. The first-order valence-electron chi connectivity index (χ1n) is 8.90. The molecule has 3 rings (SSSR count). The second kappa shape index (κ2) is 7.87. The number of piperidine rings is 1. The van der Waals surface area contributed by atoms with Gasteiger partial charge in [0.1, 0.15) is 17.6 Å². The van der Waals surface area contributed by atoms with Gasteiger partial charge in [0, 0.05) is 5.56 Å².